The van der Waals surface area contributed by atoms with E-state index in [0.29, 0.717) is 12.0 Å². The Hall–Kier alpha value is -1.91. The van der Waals surface area contributed by atoms with Crippen LogP contribution in [0.3, 0.4) is 0 Å². The fraction of sp³-hybridized carbons (Fsp3) is 0.462. The summed E-state index contributed by atoms with van der Waals surface area (Å²) in [5.41, 5.74) is 2.78. The van der Waals surface area contributed by atoms with Gasteiger partial charge >= 0.3 is 0 Å². The Bertz CT molecular complexity index is 530. The second-order valence-corrected chi connectivity index (χ2v) is 5.61. The fourth-order valence-corrected chi connectivity index (χ4v) is 2.24. The number of benzene rings is 1. The Morgan fingerprint density at radius 2 is 2.11 bits per heavy atom. The van der Waals surface area contributed by atoms with Crippen LogP contribution in [0, 0.1) is 10.1 Å². The highest BCUT2D eigenvalue weighted by Gasteiger charge is 2.38. The minimum absolute atomic E-state index is 0.0394. The summed E-state index contributed by atoms with van der Waals surface area (Å²) in [6.45, 7) is 6.22. The number of rotatable bonds is 1. The maximum atomic E-state index is 10.9. The monoisotopic (exact) mass is 248 g/mol. The van der Waals surface area contributed by atoms with Gasteiger partial charge in [0, 0.05) is 16.9 Å². The van der Waals surface area contributed by atoms with Gasteiger partial charge in [-0.25, -0.2) is 0 Å². The summed E-state index contributed by atoms with van der Waals surface area (Å²) >= 11 is 0. The van der Waals surface area contributed by atoms with Crippen LogP contribution in [0.1, 0.15) is 37.5 Å². The summed E-state index contributed by atoms with van der Waals surface area (Å²) in [5.74, 6) is 0. The van der Waals surface area contributed by atoms with Crippen LogP contribution >= 0.6 is 0 Å². The quantitative estimate of drug-likeness (QED) is 0.471. The molecule has 0 fully saturated rings. The van der Waals surface area contributed by atoms with E-state index < -0.39 is 11.0 Å². The number of hydrogen-bond acceptors (Lipinski definition) is 4. The predicted molar refractivity (Wildman–Crippen MR) is 68.0 cm³/mol. The van der Waals surface area contributed by atoms with Gasteiger partial charge in [-0.3, -0.25) is 10.1 Å². The fourth-order valence-electron chi connectivity index (χ4n) is 2.24. The van der Waals surface area contributed by atoms with Gasteiger partial charge in [0.05, 0.1) is 0 Å². The Morgan fingerprint density at radius 3 is 2.61 bits per heavy atom. The SMILES string of the molecule is CC(C)(C)c1ccc2c(c1)/C(=N/O)C([N+](=O)[O-])C2. The molecule has 0 aromatic heterocycles. The van der Waals surface area contributed by atoms with Crippen LogP contribution in [0.5, 0.6) is 0 Å². The maximum absolute atomic E-state index is 10.9. The summed E-state index contributed by atoms with van der Waals surface area (Å²) in [6, 6.07) is 4.84. The Balaban J connectivity index is 2.51. The van der Waals surface area contributed by atoms with Crippen molar-refractivity contribution in [1.82, 2.24) is 0 Å². The molecule has 5 nitrogen and oxygen atoms in total. The molecule has 0 amide bonds. The second kappa shape index (κ2) is 4.08. The van der Waals surface area contributed by atoms with Gasteiger partial charge in [0.25, 0.3) is 6.04 Å². The third kappa shape index (κ3) is 1.96. The molecule has 1 aromatic rings. The predicted octanol–water partition coefficient (Wildman–Crippen LogP) is 2.36. The van der Waals surface area contributed by atoms with E-state index >= 15 is 0 Å². The molecule has 0 saturated heterocycles. The van der Waals surface area contributed by atoms with E-state index in [1.807, 2.05) is 18.2 Å². The van der Waals surface area contributed by atoms with Crippen molar-refractivity contribution in [3.05, 3.63) is 45.0 Å². The number of nitrogens with zero attached hydrogens (tertiary/aromatic N) is 2. The van der Waals surface area contributed by atoms with Crippen molar-refractivity contribution in [3.63, 3.8) is 0 Å². The zero-order valence-electron chi connectivity index (χ0n) is 10.7. The standard InChI is InChI=1S/C13H16N2O3/c1-13(2,3)9-5-4-8-6-11(15(17)18)12(14-16)10(8)7-9/h4-5,7,11,16H,6H2,1-3H3/b14-12-. The molecule has 1 aromatic carbocycles. The van der Waals surface area contributed by atoms with Crippen molar-refractivity contribution >= 4 is 5.71 Å². The minimum atomic E-state index is -0.930. The lowest BCUT2D eigenvalue weighted by Gasteiger charge is -2.19. The zero-order chi connectivity index (χ0) is 13.5. The average molecular weight is 248 g/mol. The lowest BCUT2D eigenvalue weighted by molar-refractivity contribution is -0.501. The Labute approximate surface area is 105 Å². The van der Waals surface area contributed by atoms with Crippen molar-refractivity contribution < 1.29 is 10.1 Å². The van der Waals surface area contributed by atoms with Crippen LogP contribution in [0.25, 0.3) is 0 Å². The molecule has 1 aliphatic rings. The van der Waals surface area contributed by atoms with E-state index in [0.717, 1.165) is 11.1 Å². The first kappa shape index (κ1) is 12.5. The van der Waals surface area contributed by atoms with Crippen molar-refractivity contribution in [2.45, 2.75) is 38.6 Å². The van der Waals surface area contributed by atoms with E-state index in [4.69, 9.17) is 5.21 Å². The van der Waals surface area contributed by atoms with Crippen molar-refractivity contribution in [1.29, 1.82) is 0 Å². The zero-order valence-corrected chi connectivity index (χ0v) is 10.7. The molecule has 1 aliphatic carbocycles. The Kier molecular flexibility index (Phi) is 2.84. The average Bonchev–Trinajstić information content (AvgIpc) is 2.65. The molecular weight excluding hydrogens is 232 g/mol. The normalized spacial score (nSPS) is 21.1. The highest BCUT2D eigenvalue weighted by molar-refractivity contribution is 6.07. The molecule has 0 saturated carbocycles. The molecule has 1 unspecified atom stereocenters. The first-order chi connectivity index (χ1) is 8.34. The maximum Gasteiger partial charge on any atom is 0.262 e. The number of oxime groups is 1. The lowest BCUT2D eigenvalue weighted by atomic mass is 9.85. The van der Waals surface area contributed by atoms with Crippen molar-refractivity contribution in [3.8, 4) is 0 Å². The molecule has 2 rings (SSSR count). The molecule has 1 N–H and O–H groups in total. The summed E-state index contributed by atoms with van der Waals surface area (Å²) in [5, 5.41) is 23.1. The van der Waals surface area contributed by atoms with Crippen LogP contribution in [-0.2, 0) is 11.8 Å². The van der Waals surface area contributed by atoms with Crippen LogP contribution in [0.15, 0.2) is 23.4 Å². The molecular formula is C13H16N2O3. The van der Waals surface area contributed by atoms with Gasteiger partial charge in [-0.2, -0.15) is 0 Å². The van der Waals surface area contributed by atoms with Gasteiger partial charge in [-0.1, -0.05) is 38.1 Å². The summed E-state index contributed by atoms with van der Waals surface area (Å²) in [7, 11) is 0. The van der Waals surface area contributed by atoms with E-state index in [-0.39, 0.29) is 11.1 Å². The number of fused-ring (bicyclic) bond motifs is 1. The highest BCUT2D eigenvalue weighted by Crippen LogP contribution is 2.30. The van der Waals surface area contributed by atoms with Gasteiger partial charge < -0.3 is 5.21 Å². The third-order valence-electron chi connectivity index (χ3n) is 3.34. The van der Waals surface area contributed by atoms with E-state index in [2.05, 4.69) is 25.9 Å². The minimum Gasteiger partial charge on any atom is -0.410 e. The van der Waals surface area contributed by atoms with Crippen LogP contribution in [0.2, 0.25) is 0 Å². The highest BCUT2D eigenvalue weighted by atomic mass is 16.6. The summed E-state index contributed by atoms with van der Waals surface area (Å²) < 4.78 is 0. The van der Waals surface area contributed by atoms with Gasteiger partial charge in [0.15, 0.2) is 5.71 Å². The molecule has 0 heterocycles. The number of hydrogen-bond donors (Lipinski definition) is 1. The lowest BCUT2D eigenvalue weighted by Crippen LogP contribution is -2.26. The van der Waals surface area contributed by atoms with Gasteiger partial charge in [-0.15, -0.1) is 0 Å². The molecule has 96 valence electrons. The van der Waals surface area contributed by atoms with Crippen molar-refractivity contribution in [2.75, 3.05) is 0 Å². The summed E-state index contributed by atoms with van der Waals surface area (Å²) in [4.78, 5) is 10.5. The van der Waals surface area contributed by atoms with Crippen molar-refractivity contribution in [2.24, 2.45) is 5.16 Å². The van der Waals surface area contributed by atoms with Crippen LogP contribution in [0.4, 0.5) is 0 Å². The molecule has 5 heteroatoms. The van der Waals surface area contributed by atoms with E-state index in [9.17, 15) is 10.1 Å². The molecule has 0 aliphatic heterocycles. The first-order valence-corrected chi connectivity index (χ1v) is 5.84. The molecule has 1 atom stereocenters. The van der Waals surface area contributed by atoms with E-state index in [1.54, 1.807) is 0 Å². The van der Waals surface area contributed by atoms with Crippen LogP contribution < -0.4 is 0 Å². The first-order valence-electron chi connectivity index (χ1n) is 5.84. The van der Waals surface area contributed by atoms with Gasteiger partial charge in [0.2, 0.25) is 0 Å². The molecule has 0 radical (unpaired) electrons. The van der Waals surface area contributed by atoms with E-state index in [1.165, 1.54) is 0 Å². The van der Waals surface area contributed by atoms with Gasteiger partial charge in [0.1, 0.15) is 0 Å². The third-order valence-corrected chi connectivity index (χ3v) is 3.34. The Morgan fingerprint density at radius 1 is 1.44 bits per heavy atom. The molecule has 0 spiro atoms. The summed E-state index contributed by atoms with van der Waals surface area (Å²) in [6.07, 6.45) is 0.298. The molecule has 0 bridgehead atoms. The van der Waals surface area contributed by atoms with Gasteiger partial charge in [-0.05, 0) is 22.6 Å². The van der Waals surface area contributed by atoms with Crippen LogP contribution in [-0.4, -0.2) is 21.9 Å². The largest absolute Gasteiger partial charge is 0.410 e. The number of nitro groups is 1. The second-order valence-electron chi connectivity index (χ2n) is 5.61. The smallest absolute Gasteiger partial charge is 0.262 e. The topological polar surface area (TPSA) is 75.7 Å². The molecule has 18 heavy (non-hydrogen) atoms.